The first-order valence-corrected chi connectivity index (χ1v) is 7.19. The fourth-order valence-electron chi connectivity index (χ4n) is 3.46. The smallest absolute Gasteiger partial charge is 0.225 e. The summed E-state index contributed by atoms with van der Waals surface area (Å²) in [5.74, 6) is 1.82. The molecule has 0 aromatic carbocycles. The number of hydrogen-bond donors (Lipinski definition) is 0. The Labute approximate surface area is 109 Å². The van der Waals surface area contributed by atoms with E-state index in [9.17, 15) is 4.79 Å². The SMILES string of the molecule is COCC[C@H]1CO[C@H]2CN(C(=O)C3CCC3)C[C@@H]12. The molecule has 3 atom stereocenters. The molecule has 0 bridgehead atoms. The molecule has 0 unspecified atom stereocenters. The van der Waals surface area contributed by atoms with Gasteiger partial charge in [0, 0.05) is 38.6 Å². The second-order valence-corrected chi connectivity index (χ2v) is 5.95. The van der Waals surface area contributed by atoms with Crippen LogP contribution < -0.4 is 0 Å². The molecule has 4 nitrogen and oxygen atoms in total. The summed E-state index contributed by atoms with van der Waals surface area (Å²) in [6.45, 7) is 3.38. The topological polar surface area (TPSA) is 38.8 Å². The van der Waals surface area contributed by atoms with Gasteiger partial charge in [-0.15, -0.1) is 0 Å². The normalized spacial score (nSPS) is 35.6. The molecule has 0 spiro atoms. The van der Waals surface area contributed by atoms with Crippen molar-refractivity contribution in [2.75, 3.05) is 33.4 Å². The summed E-state index contributed by atoms with van der Waals surface area (Å²) in [7, 11) is 1.74. The van der Waals surface area contributed by atoms with Crippen molar-refractivity contribution in [2.24, 2.45) is 17.8 Å². The van der Waals surface area contributed by atoms with Crippen molar-refractivity contribution < 1.29 is 14.3 Å². The maximum atomic E-state index is 12.2. The van der Waals surface area contributed by atoms with E-state index < -0.39 is 0 Å². The van der Waals surface area contributed by atoms with Crippen LogP contribution in [0.5, 0.6) is 0 Å². The van der Waals surface area contributed by atoms with E-state index in [2.05, 4.69) is 4.90 Å². The summed E-state index contributed by atoms with van der Waals surface area (Å²) < 4.78 is 11.0. The van der Waals surface area contributed by atoms with Crippen LogP contribution in [0.3, 0.4) is 0 Å². The Morgan fingerprint density at radius 2 is 2.22 bits per heavy atom. The van der Waals surface area contributed by atoms with E-state index in [0.29, 0.717) is 23.7 Å². The molecule has 1 amide bonds. The molecule has 1 saturated carbocycles. The van der Waals surface area contributed by atoms with Crippen LogP contribution in [0.2, 0.25) is 0 Å². The molecule has 0 aromatic rings. The number of nitrogens with zero attached hydrogens (tertiary/aromatic N) is 1. The Balaban J connectivity index is 1.55. The fourth-order valence-corrected chi connectivity index (χ4v) is 3.46. The Kier molecular flexibility index (Phi) is 3.57. The number of hydrogen-bond acceptors (Lipinski definition) is 3. The van der Waals surface area contributed by atoms with Gasteiger partial charge in [-0.3, -0.25) is 4.79 Å². The highest BCUT2D eigenvalue weighted by Crippen LogP contribution is 2.37. The first-order chi connectivity index (χ1) is 8.79. The highest BCUT2D eigenvalue weighted by Gasteiger charge is 2.46. The van der Waals surface area contributed by atoms with E-state index in [-0.39, 0.29) is 6.10 Å². The van der Waals surface area contributed by atoms with Crippen molar-refractivity contribution in [1.82, 2.24) is 4.90 Å². The van der Waals surface area contributed by atoms with Gasteiger partial charge in [0.2, 0.25) is 5.91 Å². The first-order valence-electron chi connectivity index (χ1n) is 7.19. The summed E-state index contributed by atoms with van der Waals surface area (Å²) >= 11 is 0. The molecule has 0 aromatic heterocycles. The highest BCUT2D eigenvalue weighted by molar-refractivity contribution is 5.80. The summed E-state index contributed by atoms with van der Waals surface area (Å²) in [5.41, 5.74) is 0. The van der Waals surface area contributed by atoms with Crippen LogP contribution in [0.4, 0.5) is 0 Å². The first kappa shape index (κ1) is 12.4. The molecular weight excluding hydrogens is 230 g/mol. The lowest BCUT2D eigenvalue weighted by molar-refractivity contribution is -0.137. The van der Waals surface area contributed by atoms with Gasteiger partial charge in [0.25, 0.3) is 0 Å². The van der Waals surface area contributed by atoms with Gasteiger partial charge in [-0.1, -0.05) is 6.42 Å². The highest BCUT2D eigenvalue weighted by atomic mass is 16.5. The minimum Gasteiger partial charge on any atom is -0.385 e. The maximum absolute atomic E-state index is 12.2. The van der Waals surface area contributed by atoms with Crippen LogP contribution >= 0.6 is 0 Å². The van der Waals surface area contributed by atoms with E-state index in [1.165, 1.54) is 6.42 Å². The number of rotatable bonds is 4. The van der Waals surface area contributed by atoms with Crippen LogP contribution in [0.25, 0.3) is 0 Å². The van der Waals surface area contributed by atoms with E-state index in [4.69, 9.17) is 9.47 Å². The number of carbonyl (C=O) groups excluding carboxylic acids is 1. The molecule has 18 heavy (non-hydrogen) atoms. The second kappa shape index (κ2) is 5.17. The van der Waals surface area contributed by atoms with Gasteiger partial charge in [0.1, 0.15) is 0 Å². The monoisotopic (exact) mass is 253 g/mol. The number of likely N-dealkylation sites (tertiary alicyclic amines) is 1. The number of amides is 1. The zero-order valence-corrected chi connectivity index (χ0v) is 11.1. The number of fused-ring (bicyclic) bond motifs is 1. The van der Waals surface area contributed by atoms with Crippen molar-refractivity contribution in [3.05, 3.63) is 0 Å². The van der Waals surface area contributed by atoms with Crippen LogP contribution in [-0.2, 0) is 14.3 Å². The third-order valence-electron chi connectivity index (χ3n) is 4.90. The van der Waals surface area contributed by atoms with E-state index in [1.54, 1.807) is 7.11 Å². The van der Waals surface area contributed by atoms with Crippen LogP contribution in [0, 0.1) is 17.8 Å². The lowest BCUT2D eigenvalue weighted by Crippen LogP contribution is -2.38. The molecule has 2 saturated heterocycles. The predicted octanol–water partition coefficient (Wildman–Crippen LogP) is 1.30. The van der Waals surface area contributed by atoms with Crippen molar-refractivity contribution >= 4 is 5.91 Å². The number of ether oxygens (including phenoxy) is 2. The van der Waals surface area contributed by atoms with Crippen molar-refractivity contribution in [2.45, 2.75) is 31.8 Å². The summed E-state index contributed by atoms with van der Waals surface area (Å²) in [6.07, 6.45) is 4.76. The molecule has 1 aliphatic carbocycles. The number of carbonyl (C=O) groups is 1. The minimum atomic E-state index is 0.288. The maximum Gasteiger partial charge on any atom is 0.225 e. The van der Waals surface area contributed by atoms with E-state index in [0.717, 1.165) is 45.6 Å². The van der Waals surface area contributed by atoms with Crippen LogP contribution in [0.1, 0.15) is 25.7 Å². The zero-order valence-electron chi connectivity index (χ0n) is 11.1. The molecule has 4 heteroatoms. The summed E-state index contributed by atoms with van der Waals surface area (Å²) in [5, 5.41) is 0. The van der Waals surface area contributed by atoms with Gasteiger partial charge >= 0.3 is 0 Å². The summed E-state index contributed by atoms with van der Waals surface area (Å²) in [4.78, 5) is 14.3. The number of methoxy groups -OCH3 is 1. The third kappa shape index (κ3) is 2.16. The second-order valence-electron chi connectivity index (χ2n) is 5.95. The molecule has 3 fully saturated rings. The average molecular weight is 253 g/mol. The van der Waals surface area contributed by atoms with Crippen LogP contribution in [-0.4, -0.2) is 50.3 Å². The molecule has 2 heterocycles. The van der Waals surface area contributed by atoms with Gasteiger partial charge in [-0.2, -0.15) is 0 Å². The molecule has 102 valence electrons. The molecule has 2 aliphatic heterocycles. The Bertz CT molecular complexity index is 316. The lowest BCUT2D eigenvalue weighted by atomic mass is 9.84. The van der Waals surface area contributed by atoms with Gasteiger partial charge in [0.05, 0.1) is 12.7 Å². The fraction of sp³-hybridized carbons (Fsp3) is 0.929. The minimum absolute atomic E-state index is 0.288. The average Bonchev–Trinajstić information content (AvgIpc) is 2.83. The van der Waals surface area contributed by atoms with Crippen LogP contribution in [0.15, 0.2) is 0 Å². The predicted molar refractivity (Wildman–Crippen MR) is 67.1 cm³/mol. The largest absolute Gasteiger partial charge is 0.385 e. The summed E-state index contributed by atoms with van der Waals surface area (Å²) in [6, 6.07) is 0. The standard InChI is InChI=1S/C14H23NO3/c1-17-6-5-11-9-18-13-8-15(7-12(11)13)14(16)10-3-2-4-10/h10-13H,2-9H2,1H3/t11-,12-,13-/m0/s1. The quantitative estimate of drug-likeness (QED) is 0.758. The molecule has 0 radical (unpaired) electrons. The molecule has 3 rings (SSSR count). The van der Waals surface area contributed by atoms with Crippen molar-refractivity contribution in [3.8, 4) is 0 Å². The van der Waals surface area contributed by atoms with Gasteiger partial charge in [-0.25, -0.2) is 0 Å². The molecule has 3 aliphatic rings. The van der Waals surface area contributed by atoms with Crippen molar-refractivity contribution in [3.63, 3.8) is 0 Å². The van der Waals surface area contributed by atoms with Gasteiger partial charge in [0.15, 0.2) is 0 Å². The molecule has 0 N–H and O–H groups in total. The third-order valence-corrected chi connectivity index (χ3v) is 4.90. The zero-order chi connectivity index (χ0) is 12.5. The van der Waals surface area contributed by atoms with E-state index in [1.807, 2.05) is 0 Å². The molecular formula is C14H23NO3. The van der Waals surface area contributed by atoms with Crippen molar-refractivity contribution in [1.29, 1.82) is 0 Å². The lowest BCUT2D eigenvalue weighted by Gasteiger charge is -2.29. The Morgan fingerprint density at radius 3 is 2.89 bits per heavy atom. The Hall–Kier alpha value is -0.610. The van der Waals surface area contributed by atoms with E-state index >= 15 is 0 Å². The van der Waals surface area contributed by atoms with Gasteiger partial charge < -0.3 is 14.4 Å². The van der Waals surface area contributed by atoms with Gasteiger partial charge in [-0.05, 0) is 25.2 Å². The Morgan fingerprint density at radius 1 is 1.39 bits per heavy atom.